The molecule has 1 aliphatic rings. The molecular weight excluding hydrogens is 350 g/mol. The summed E-state index contributed by atoms with van der Waals surface area (Å²) in [6.45, 7) is 4.42. The van der Waals surface area contributed by atoms with E-state index in [1.807, 2.05) is 41.3 Å². The number of carbonyl (C=O) groups excluding carboxylic acids is 1. The molecule has 3 rings (SSSR count). The first-order chi connectivity index (χ1) is 12.7. The lowest BCUT2D eigenvalue weighted by molar-refractivity contribution is -0.131. The number of nitrogens with zero attached hydrogens (tertiary/aromatic N) is 2. The molecule has 26 heavy (non-hydrogen) atoms. The van der Waals surface area contributed by atoms with Gasteiger partial charge >= 0.3 is 0 Å². The van der Waals surface area contributed by atoms with Crippen LogP contribution in [0.25, 0.3) is 0 Å². The van der Waals surface area contributed by atoms with Gasteiger partial charge in [0.05, 0.1) is 19.3 Å². The lowest BCUT2D eigenvalue weighted by Gasteiger charge is -2.35. The number of hydrogen-bond acceptors (Lipinski definition) is 4. The van der Waals surface area contributed by atoms with Crippen molar-refractivity contribution < 1.29 is 9.53 Å². The molecule has 1 N–H and O–H groups in total. The minimum Gasteiger partial charge on any atom is -0.495 e. The number of para-hydroxylation sites is 2. The monoisotopic (exact) mass is 373 g/mol. The summed E-state index contributed by atoms with van der Waals surface area (Å²) in [4.78, 5) is 16.7. The van der Waals surface area contributed by atoms with Gasteiger partial charge in [-0.25, -0.2) is 0 Å². The summed E-state index contributed by atoms with van der Waals surface area (Å²) in [5, 5.41) is 3.93. The smallest absolute Gasteiger partial charge is 0.241 e. The second-order valence-corrected chi connectivity index (χ2v) is 6.77. The van der Waals surface area contributed by atoms with Crippen molar-refractivity contribution in [1.29, 1.82) is 0 Å². The van der Waals surface area contributed by atoms with Crippen LogP contribution < -0.4 is 10.1 Å². The van der Waals surface area contributed by atoms with Crippen LogP contribution in [0, 0.1) is 0 Å². The Kier molecular flexibility index (Phi) is 6.36. The van der Waals surface area contributed by atoms with Crippen LogP contribution in [-0.2, 0) is 11.3 Å². The maximum Gasteiger partial charge on any atom is 0.241 e. The Bertz CT molecular complexity index is 728. The molecule has 2 aromatic carbocycles. The first kappa shape index (κ1) is 18.5. The molecule has 6 heteroatoms. The number of benzene rings is 2. The molecule has 0 unspecified atom stereocenters. The highest BCUT2D eigenvalue weighted by Crippen LogP contribution is 2.22. The number of ether oxygens (including phenoxy) is 1. The highest BCUT2D eigenvalue weighted by atomic mass is 35.5. The van der Waals surface area contributed by atoms with Gasteiger partial charge in [0.25, 0.3) is 0 Å². The highest BCUT2D eigenvalue weighted by Gasteiger charge is 2.21. The summed E-state index contributed by atoms with van der Waals surface area (Å²) >= 11 is 5.93. The molecule has 0 aliphatic carbocycles. The van der Waals surface area contributed by atoms with Crippen molar-refractivity contribution in [2.24, 2.45) is 0 Å². The maximum atomic E-state index is 12.5. The van der Waals surface area contributed by atoms with Crippen LogP contribution >= 0.6 is 11.6 Å². The molecule has 5 nitrogen and oxygen atoms in total. The van der Waals surface area contributed by atoms with Crippen LogP contribution in [0.5, 0.6) is 5.75 Å². The third-order valence-corrected chi connectivity index (χ3v) is 4.83. The van der Waals surface area contributed by atoms with Gasteiger partial charge < -0.3 is 15.0 Å². The zero-order valence-electron chi connectivity index (χ0n) is 15.0. The van der Waals surface area contributed by atoms with Gasteiger partial charge in [-0.3, -0.25) is 9.69 Å². The number of amides is 1. The zero-order chi connectivity index (χ0) is 18.4. The topological polar surface area (TPSA) is 44.8 Å². The van der Waals surface area contributed by atoms with Crippen LogP contribution in [0.1, 0.15) is 5.56 Å². The van der Waals surface area contributed by atoms with E-state index in [0.29, 0.717) is 0 Å². The molecule has 2 aromatic rings. The minimum absolute atomic E-state index is 0.113. The SMILES string of the molecule is COc1ccccc1NCC(=O)N1CCN(Cc2ccc(Cl)cc2)CC1. The Hall–Kier alpha value is -2.24. The van der Waals surface area contributed by atoms with E-state index in [0.717, 1.165) is 49.2 Å². The number of anilines is 1. The fraction of sp³-hybridized carbons (Fsp3) is 0.350. The first-order valence-corrected chi connectivity index (χ1v) is 9.15. The highest BCUT2D eigenvalue weighted by molar-refractivity contribution is 6.30. The second kappa shape index (κ2) is 8.92. The normalized spacial score (nSPS) is 14.9. The van der Waals surface area contributed by atoms with Crippen LogP contribution in [0.2, 0.25) is 5.02 Å². The number of methoxy groups -OCH3 is 1. The maximum absolute atomic E-state index is 12.5. The van der Waals surface area contributed by atoms with Crippen molar-refractivity contribution in [2.75, 3.05) is 45.2 Å². The van der Waals surface area contributed by atoms with Crippen LogP contribution in [0.4, 0.5) is 5.69 Å². The van der Waals surface area contributed by atoms with Crippen molar-refractivity contribution in [1.82, 2.24) is 9.80 Å². The van der Waals surface area contributed by atoms with E-state index in [1.165, 1.54) is 5.56 Å². The Morgan fingerprint density at radius 1 is 1.08 bits per heavy atom. The van der Waals surface area contributed by atoms with E-state index in [-0.39, 0.29) is 12.5 Å². The Morgan fingerprint density at radius 3 is 2.46 bits per heavy atom. The van der Waals surface area contributed by atoms with Gasteiger partial charge in [-0.1, -0.05) is 35.9 Å². The average molecular weight is 374 g/mol. The van der Waals surface area contributed by atoms with Gasteiger partial charge in [-0.05, 0) is 29.8 Å². The lowest BCUT2D eigenvalue weighted by atomic mass is 10.2. The van der Waals surface area contributed by atoms with E-state index >= 15 is 0 Å². The van der Waals surface area contributed by atoms with E-state index in [4.69, 9.17) is 16.3 Å². The number of hydrogen-bond donors (Lipinski definition) is 1. The van der Waals surface area contributed by atoms with E-state index < -0.39 is 0 Å². The van der Waals surface area contributed by atoms with E-state index in [1.54, 1.807) is 7.11 Å². The standard InChI is InChI=1S/C20H24ClN3O2/c1-26-19-5-3-2-4-18(19)22-14-20(25)24-12-10-23(11-13-24)15-16-6-8-17(21)9-7-16/h2-9,22H,10-15H2,1H3. The summed E-state index contributed by atoms with van der Waals surface area (Å²) < 4.78 is 5.30. The summed E-state index contributed by atoms with van der Waals surface area (Å²) in [5.41, 5.74) is 2.08. The molecule has 0 bridgehead atoms. The average Bonchev–Trinajstić information content (AvgIpc) is 2.68. The minimum atomic E-state index is 0.113. The number of rotatable bonds is 6. The Morgan fingerprint density at radius 2 is 1.77 bits per heavy atom. The number of nitrogens with one attached hydrogen (secondary N) is 1. The van der Waals surface area contributed by atoms with Gasteiger partial charge in [-0.15, -0.1) is 0 Å². The summed E-state index contributed by atoms with van der Waals surface area (Å²) in [5.74, 6) is 0.857. The van der Waals surface area contributed by atoms with E-state index in [2.05, 4.69) is 22.3 Å². The molecule has 1 fully saturated rings. The number of carbonyl (C=O) groups is 1. The predicted octanol–water partition coefficient (Wildman–Crippen LogP) is 3.10. The predicted molar refractivity (Wildman–Crippen MR) is 105 cm³/mol. The molecule has 0 radical (unpaired) electrons. The summed E-state index contributed by atoms with van der Waals surface area (Å²) in [7, 11) is 1.63. The largest absolute Gasteiger partial charge is 0.495 e. The van der Waals surface area contributed by atoms with E-state index in [9.17, 15) is 4.79 Å². The molecular formula is C20H24ClN3O2. The van der Waals surface area contributed by atoms with Crippen LogP contribution in [-0.4, -0.2) is 55.5 Å². The van der Waals surface area contributed by atoms with Crippen molar-refractivity contribution in [2.45, 2.75) is 6.54 Å². The molecule has 1 heterocycles. The molecule has 138 valence electrons. The van der Waals surface area contributed by atoms with Gasteiger partial charge in [0.2, 0.25) is 5.91 Å². The molecule has 0 aromatic heterocycles. The van der Waals surface area contributed by atoms with Gasteiger partial charge in [-0.2, -0.15) is 0 Å². The van der Waals surface area contributed by atoms with Gasteiger partial charge in [0.15, 0.2) is 0 Å². The second-order valence-electron chi connectivity index (χ2n) is 6.34. The Labute approximate surface area is 159 Å². The molecule has 1 saturated heterocycles. The zero-order valence-corrected chi connectivity index (χ0v) is 15.7. The molecule has 0 atom stereocenters. The fourth-order valence-corrected chi connectivity index (χ4v) is 3.20. The van der Waals surface area contributed by atoms with Crippen molar-refractivity contribution >= 4 is 23.2 Å². The number of halogens is 1. The van der Waals surface area contributed by atoms with Crippen molar-refractivity contribution in [3.8, 4) is 5.75 Å². The molecule has 1 amide bonds. The number of piperazine rings is 1. The first-order valence-electron chi connectivity index (χ1n) is 8.77. The third-order valence-electron chi connectivity index (χ3n) is 4.58. The fourth-order valence-electron chi connectivity index (χ4n) is 3.08. The summed E-state index contributed by atoms with van der Waals surface area (Å²) in [6, 6.07) is 15.6. The molecule has 0 saturated carbocycles. The van der Waals surface area contributed by atoms with Crippen molar-refractivity contribution in [3.05, 3.63) is 59.1 Å². The van der Waals surface area contributed by atoms with Crippen LogP contribution in [0.15, 0.2) is 48.5 Å². The quantitative estimate of drug-likeness (QED) is 0.845. The van der Waals surface area contributed by atoms with Gasteiger partial charge in [0.1, 0.15) is 5.75 Å². The summed E-state index contributed by atoms with van der Waals surface area (Å²) in [6.07, 6.45) is 0. The van der Waals surface area contributed by atoms with Crippen LogP contribution in [0.3, 0.4) is 0 Å². The van der Waals surface area contributed by atoms with Gasteiger partial charge in [0, 0.05) is 37.7 Å². The van der Waals surface area contributed by atoms with Crippen molar-refractivity contribution in [3.63, 3.8) is 0 Å². The Balaban J connectivity index is 1.45. The third kappa shape index (κ3) is 4.90. The lowest BCUT2D eigenvalue weighted by Crippen LogP contribution is -2.49. The molecule has 0 spiro atoms. The molecule has 1 aliphatic heterocycles.